The monoisotopic (exact) mass is 463 g/mol. The molecule has 0 bridgehead atoms. The number of rotatable bonds is 9. The van der Waals surface area contributed by atoms with Gasteiger partial charge in [-0.25, -0.2) is 4.39 Å². The van der Waals surface area contributed by atoms with Gasteiger partial charge in [0.25, 0.3) is 0 Å². The Morgan fingerprint density at radius 3 is 2.53 bits per heavy atom. The zero-order valence-electron chi connectivity index (χ0n) is 19.3. The number of aryl methyl sites for hydroxylation is 1. The fourth-order valence-electron chi connectivity index (χ4n) is 5.17. The normalized spacial score (nSPS) is 17.2. The van der Waals surface area contributed by atoms with Gasteiger partial charge < -0.3 is 9.88 Å². The molecule has 1 saturated heterocycles. The number of nitrogens with zero attached hydrogens (tertiary/aromatic N) is 4. The Kier molecular flexibility index (Phi) is 6.72. The molecule has 0 radical (unpaired) electrons. The first kappa shape index (κ1) is 22.7. The standard InChI is InChI=1S/C27H31F2N5/c28-17-23(21-5-2-1-3-6-21)16-27(29)10-13-33(14-11-27)12-4-7-22-18-30-26-9-8-24(15-25(22)26)34-19-31-32-20-34/h1-3,5-6,8-9,15,18-20,23,30H,4,7,10-14,16-17H2. The molecule has 178 valence electrons. The molecule has 2 aromatic heterocycles. The van der Waals surface area contributed by atoms with Gasteiger partial charge in [0.1, 0.15) is 18.3 Å². The third-order valence-corrected chi connectivity index (χ3v) is 7.21. The van der Waals surface area contributed by atoms with E-state index in [0.29, 0.717) is 12.8 Å². The molecule has 5 rings (SSSR count). The van der Waals surface area contributed by atoms with Crippen LogP contribution in [0.3, 0.4) is 0 Å². The predicted octanol–water partition coefficient (Wildman–Crippen LogP) is 5.63. The lowest BCUT2D eigenvalue weighted by atomic mass is 9.82. The molecule has 1 aliphatic heterocycles. The zero-order chi connectivity index (χ0) is 23.4. The van der Waals surface area contributed by atoms with Crippen LogP contribution in [0.25, 0.3) is 16.6 Å². The molecule has 2 aromatic carbocycles. The molecule has 0 spiro atoms. The first-order valence-electron chi connectivity index (χ1n) is 12.1. The van der Waals surface area contributed by atoms with E-state index in [4.69, 9.17) is 0 Å². The van der Waals surface area contributed by atoms with Crippen molar-refractivity contribution in [3.05, 3.63) is 78.5 Å². The van der Waals surface area contributed by atoms with Crippen molar-refractivity contribution in [1.29, 1.82) is 0 Å². The van der Waals surface area contributed by atoms with E-state index in [0.717, 1.165) is 49.2 Å². The van der Waals surface area contributed by atoms with Gasteiger partial charge in [0.2, 0.25) is 0 Å². The van der Waals surface area contributed by atoms with E-state index >= 15 is 4.39 Å². The second-order valence-electron chi connectivity index (χ2n) is 9.48. The molecule has 1 aliphatic rings. The van der Waals surface area contributed by atoms with E-state index < -0.39 is 12.3 Å². The van der Waals surface area contributed by atoms with Crippen LogP contribution < -0.4 is 0 Å². The molecule has 34 heavy (non-hydrogen) atoms. The number of halogens is 2. The number of likely N-dealkylation sites (tertiary alicyclic amines) is 1. The lowest BCUT2D eigenvalue weighted by Gasteiger charge is -2.38. The van der Waals surface area contributed by atoms with Crippen molar-refractivity contribution in [2.75, 3.05) is 26.3 Å². The molecule has 0 saturated carbocycles. The quantitative estimate of drug-likeness (QED) is 0.350. The van der Waals surface area contributed by atoms with E-state index in [2.05, 4.69) is 38.4 Å². The van der Waals surface area contributed by atoms with Gasteiger partial charge in [-0.15, -0.1) is 10.2 Å². The number of fused-ring (bicyclic) bond motifs is 1. The van der Waals surface area contributed by atoms with Crippen LogP contribution in [0.4, 0.5) is 8.78 Å². The highest BCUT2D eigenvalue weighted by Gasteiger charge is 2.37. The van der Waals surface area contributed by atoms with Crippen molar-refractivity contribution in [3.8, 4) is 5.69 Å². The maximum atomic E-state index is 15.5. The number of aromatic amines is 1. The highest BCUT2D eigenvalue weighted by atomic mass is 19.1. The molecular weight excluding hydrogens is 432 g/mol. The topological polar surface area (TPSA) is 49.7 Å². The molecule has 0 amide bonds. The first-order chi connectivity index (χ1) is 16.6. The van der Waals surface area contributed by atoms with Crippen LogP contribution in [0.5, 0.6) is 0 Å². The van der Waals surface area contributed by atoms with Crippen LogP contribution in [-0.2, 0) is 6.42 Å². The smallest absolute Gasteiger partial charge is 0.123 e. The Morgan fingerprint density at radius 1 is 1.03 bits per heavy atom. The Hall–Kier alpha value is -3.06. The summed E-state index contributed by atoms with van der Waals surface area (Å²) >= 11 is 0. The van der Waals surface area contributed by atoms with E-state index in [-0.39, 0.29) is 12.3 Å². The Bertz CT molecular complexity index is 1180. The first-order valence-corrected chi connectivity index (χ1v) is 12.1. The lowest BCUT2D eigenvalue weighted by molar-refractivity contribution is 0.0421. The molecule has 3 heterocycles. The number of hydrogen-bond donors (Lipinski definition) is 1. The summed E-state index contributed by atoms with van der Waals surface area (Å²) in [7, 11) is 0. The van der Waals surface area contributed by atoms with Gasteiger partial charge >= 0.3 is 0 Å². The highest BCUT2D eigenvalue weighted by Crippen LogP contribution is 2.37. The van der Waals surface area contributed by atoms with Crippen molar-refractivity contribution in [2.45, 2.75) is 43.7 Å². The number of hydrogen-bond acceptors (Lipinski definition) is 3. The van der Waals surface area contributed by atoms with Crippen molar-refractivity contribution in [3.63, 3.8) is 0 Å². The third kappa shape index (κ3) is 5.04. The maximum Gasteiger partial charge on any atom is 0.123 e. The summed E-state index contributed by atoms with van der Waals surface area (Å²) in [6.45, 7) is 1.90. The summed E-state index contributed by atoms with van der Waals surface area (Å²) < 4.78 is 31.1. The van der Waals surface area contributed by atoms with Gasteiger partial charge in [-0.3, -0.25) is 8.96 Å². The highest BCUT2D eigenvalue weighted by molar-refractivity contribution is 5.85. The molecule has 0 aliphatic carbocycles. The summed E-state index contributed by atoms with van der Waals surface area (Å²) in [5, 5.41) is 8.99. The van der Waals surface area contributed by atoms with Crippen LogP contribution in [0.15, 0.2) is 67.4 Å². The summed E-state index contributed by atoms with van der Waals surface area (Å²) in [4.78, 5) is 5.71. The molecule has 1 N–H and O–H groups in total. The van der Waals surface area contributed by atoms with Crippen LogP contribution in [0.2, 0.25) is 0 Å². The second kappa shape index (κ2) is 10.1. The molecule has 1 unspecified atom stereocenters. The Labute approximate surface area is 198 Å². The van der Waals surface area contributed by atoms with Gasteiger partial charge in [0.05, 0.1) is 6.67 Å². The van der Waals surface area contributed by atoms with Crippen molar-refractivity contribution < 1.29 is 8.78 Å². The van der Waals surface area contributed by atoms with Crippen LogP contribution in [0, 0.1) is 0 Å². The minimum absolute atomic E-state index is 0.269. The van der Waals surface area contributed by atoms with Gasteiger partial charge in [0.15, 0.2) is 0 Å². The fraction of sp³-hybridized carbons (Fsp3) is 0.407. The Morgan fingerprint density at radius 2 is 1.79 bits per heavy atom. The third-order valence-electron chi connectivity index (χ3n) is 7.21. The lowest BCUT2D eigenvalue weighted by Crippen LogP contribution is -2.43. The fourth-order valence-corrected chi connectivity index (χ4v) is 5.17. The van der Waals surface area contributed by atoms with Gasteiger partial charge in [0, 0.05) is 41.8 Å². The second-order valence-corrected chi connectivity index (χ2v) is 9.48. The van der Waals surface area contributed by atoms with Crippen LogP contribution >= 0.6 is 0 Å². The minimum atomic E-state index is -1.28. The van der Waals surface area contributed by atoms with Crippen molar-refractivity contribution >= 4 is 10.9 Å². The SMILES string of the molecule is FCC(CC1(F)CCN(CCCc2c[nH]c3ccc(-n4cnnc4)cc23)CC1)c1ccccc1. The van der Waals surface area contributed by atoms with Gasteiger partial charge in [-0.2, -0.15) is 0 Å². The molecule has 1 fully saturated rings. The number of benzene rings is 2. The summed E-state index contributed by atoms with van der Waals surface area (Å²) in [6.07, 6.45) is 8.68. The molecule has 5 nitrogen and oxygen atoms in total. The van der Waals surface area contributed by atoms with Gasteiger partial charge in [-0.1, -0.05) is 30.3 Å². The van der Waals surface area contributed by atoms with Crippen LogP contribution in [-0.4, -0.2) is 56.6 Å². The largest absolute Gasteiger partial charge is 0.361 e. The molecule has 4 aromatic rings. The summed E-state index contributed by atoms with van der Waals surface area (Å²) in [6, 6.07) is 15.8. The molecule has 7 heteroatoms. The predicted molar refractivity (Wildman–Crippen MR) is 131 cm³/mol. The van der Waals surface area contributed by atoms with E-state index in [1.807, 2.05) is 41.0 Å². The van der Waals surface area contributed by atoms with Crippen molar-refractivity contribution in [1.82, 2.24) is 24.6 Å². The summed E-state index contributed by atoms with van der Waals surface area (Å²) in [5.74, 6) is -0.359. The number of H-pyrrole nitrogens is 1. The van der Waals surface area contributed by atoms with E-state index in [1.54, 1.807) is 12.7 Å². The van der Waals surface area contributed by atoms with E-state index in [1.165, 1.54) is 10.9 Å². The zero-order valence-corrected chi connectivity index (χ0v) is 19.3. The number of alkyl halides is 2. The Balaban J connectivity index is 1.13. The minimum Gasteiger partial charge on any atom is -0.361 e. The molecular formula is C27H31F2N5. The maximum absolute atomic E-state index is 15.5. The number of aromatic nitrogens is 4. The molecule has 1 atom stereocenters. The average Bonchev–Trinajstić information content (AvgIpc) is 3.55. The van der Waals surface area contributed by atoms with Crippen LogP contribution in [0.1, 0.15) is 42.7 Å². The number of piperidine rings is 1. The average molecular weight is 464 g/mol. The summed E-state index contributed by atoms with van der Waals surface area (Å²) in [5.41, 5.74) is 3.06. The number of nitrogens with one attached hydrogen (secondary N) is 1. The van der Waals surface area contributed by atoms with E-state index in [9.17, 15) is 4.39 Å². The van der Waals surface area contributed by atoms with Gasteiger partial charge in [-0.05, 0) is 68.0 Å². The van der Waals surface area contributed by atoms with Crippen molar-refractivity contribution in [2.24, 2.45) is 0 Å².